The zero-order chi connectivity index (χ0) is 22.6. The molecule has 33 heavy (non-hydrogen) atoms. The van der Waals surface area contributed by atoms with Crippen LogP contribution in [0.4, 0.5) is 11.4 Å². The predicted molar refractivity (Wildman–Crippen MR) is 142 cm³/mol. The van der Waals surface area contributed by atoms with Crippen molar-refractivity contribution < 1.29 is 4.79 Å². The van der Waals surface area contributed by atoms with Crippen LogP contribution in [0.3, 0.4) is 0 Å². The summed E-state index contributed by atoms with van der Waals surface area (Å²) in [6, 6.07) is 32.3. The van der Waals surface area contributed by atoms with Crippen LogP contribution >= 0.6 is 24.0 Å². The molecule has 0 fully saturated rings. The first-order chi connectivity index (χ1) is 16.2. The molecular formula is C28H22N2OS2. The quantitative estimate of drug-likeness (QED) is 0.160. The van der Waals surface area contributed by atoms with E-state index < -0.39 is 0 Å². The second kappa shape index (κ2) is 9.61. The van der Waals surface area contributed by atoms with Crippen LogP contribution < -0.4 is 10.6 Å². The van der Waals surface area contributed by atoms with Crippen molar-refractivity contribution in [3.63, 3.8) is 0 Å². The number of Topliss-reactive ketones (excluding diaryl/α,β-unsaturated/α-hetero) is 1. The van der Waals surface area contributed by atoms with Crippen molar-refractivity contribution in [2.24, 2.45) is 0 Å². The summed E-state index contributed by atoms with van der Waals surface area (Å²) in [7, 11) is 0. The largest absolute Gasteiger partial charge is 0.332 e. The maximum Gasteiger partial charge on any atom is 0.175 e. The van der Waals surface area contributed by atoms with Gasteiger partial charge >= 0.3 is 0 Å². The number of anilines is 2. The van der Waals surface area contributed by atoms with Crippen molar-refractivity contribution in [2.45, 2.75) is 11.3 Å². The van der Waals surface area contributed by atoms with Crippen LogP contribution in [0.5, 0.6) is 0 Å². The number of benzene rings is 4. The summed E-state index contributed by atoms with van der Waals surface area (Å²) in [4.78, 5) is 13.9. The third-order valence-corrected chi connectivity index (χ3v) is 6.85. The second-order valence-electron chi connectivity index (χ2n) is 7.89. The Kier molecular flexibility index (Phi) is 6.24. The van der Waals surface area contributed by atoms with E-state index >= 15 is 0 Å². The normalized spacial score (nSPS) is 11.4. The molecule has 0 saturated heterocycles. The number of ketones is 1. The molecule has 0 bridgehead atoms. The number of fused-ring (bicyclic) bond motifs is 3. The summed E-state index contributed by atoms with van der Waals surface area (Å²) in [5.41, 5.74) is 7.73. The summed E-state index contributed by atoms with van der Waals surface area (Å²) in [5.74, 6) is 0.557. The fraction of sp³-hybridized carbons (Fsp3) is 0.0714. The lowest BCUT2D eigenvalue weighted by Gasteiger charge is -2.11. The van der Waals surface area contributed by atoms with Crippen LogP contribution in [0.25, 0.3) is 11.1 Å². The number of thiocarbonyl (C=S) groups is 1. The lowest BCUT2D eigenvalue weighted by Crippen LogP contribution is -2.18. The van der Waals surface area contributed by atoms with E-state index in [4.69, 9.17) is 12.2 Å². The van der Waals surface area contributed by atoms with Crippen molar-refractivity contribution in [1.29, 1.82) is 0 Å². The van der Waals surface area contributed by atoms with Crippen LogP contribution in [0.15, 0.2) is 102 Å². The van der Waals surface area contributed by atoms with E-state index in [1.165, 1.54) is 22.3 Å². The summed E-state index contributed by atoms with van der Waals surface area (Å²) < 4.78 is 0. The number of para-hydroxylation sites is 1. The lowest BCUT2D eigenvalue weighted by molar-refractivity contribution is 0.102. The third-order valence-electron chi connectivity index (χ3n) is 5.63. The van der Waals surface area contributed by atoms with E-state index in [1.54, 1.807) is 11.8 Å². The molecule has 0 aromatic heterocycles. The molecule has 0 spiro atoms. The van der Waals surface area contributed by atoms with E-state index in [-0.39, 0.29) is 5.78 Å². The minimum absolute atomic E-state index is 0.147. The van der Waals surface area contributed by atoms with E-state index in [1.807, 2.05) is 60.7 Å². The molecule has 4 aromatic rings. The summed E-state index contributed by atoms with van der Waals surface area (Å²) in [6.07, 6.45) is 0.898. The number of hydrogen-bond donors (Lipinski definition) is 2. The SMILES string of the molecule is O=C(CSc1ccc(NC(=S)Nc2ccccc2)cc1)c1ccc2c(c1)Cc1ccccc1-2. The zero-order valence-electron chi connectivity index (χ0n) is 17.9. The van der Waals surface area contributed by atoms with Crippen LogP contribution in [0.1, 0.15) is 21.5 Å². The van der Waals surface area contributed by atoms with Gasteiger partial charge in [-0.15, -0.1) is 11.8 Å². The molecule has 5 rings (SSSR count). The number of nitrogens with one attached hydrogen (secondary N) is 2. The molecule has 5 heteroatoms. The van der Waals surface area contributed by atoms with Gasteiger partial charge < -0.3 is 10.6 Å². The molecule has 0 radical (unpaired) electrons. The van der Waals surface area contributed by atoms with E-state index in [0.29, 0.717) is 10.9 Å². The topological polar surface area (TPSA) is 41.1 Å². The Morgan fingerprint density at radius 2 is 1.42 bits per heavy atom. The Morgan fingerprint density at radius 3 is 2.21 bits per heavy atom. The Balaban J connectivity index is 1.16. The molecule has 0 aliphatic heterocycles. The number of thioether (sulfide) groups is 1. The smallest absolute Gasteiger partial charge is 0.175 e. The minimum atomic E-state index is 0.147. The van der Waals surface area contributed by atoms with Gasteiger partial charge in [-0.1, -0.05) is 54.6 Å². The number of hydrogen-bond acceptors (Lipinski definition) is 3. The molecule has 4 aromatic carbocycles. The van der Waals surface area contributed by atoms with Crippen molar-refractivity contribution in [2.75, 3.05) is 16.4 Å². The first-order valence-electron chi connectivity index (χ1n) is 10.8. The zero-order valence-corrected chi connectivity index (χ0v) is 19.5. The van der Waals surface area contributed by atoms with Crippen LogP contribution in [0.2, 0.25) is 0 Å². The molecule has 2 N–H and O–H groups in total. The van der Waals surface area contributed by atoms with Gasteiger partial charge in [0.15, 0.2) is 10.9 Å². The highest BCUT2D eigenvalue weighted by molar-refractivity contribution is 8.00. The number of carbonyl (C=O) groups is 1. The molecule has 162 valence electrons. The van der Waals surface area contributed by atoms with Gasteiger partial charge in [-0.2, -0.15) is 0 Å². The molecule has 0 amide bonds. The summed E-state index contributed by atoms with van der Waals surface area (Å²) in [5, 5.41) is 6.88. The van der Waals surface area contributed by atoms with E-state index in [0.717, 1.165) is 28.3 Å². The highest BCUT2D eigenvalue weighted by Gasteiger charge is 2.19. The monoisotopic (exact) mass is 466 g/mol. The Bertz CT molecular complexity index is 1320. The predicted octanol–water partition coefficient (Wildman–Crippen LogP) is 7.04. The maximum absolute atomic E-state index is 12.8. The second-order valence-corrected chi connectivity index (χ2v) is 9.34. The van der Waals surface area contributed by atoms with Crippen molar-refractivity contribution in [1.82, 2.24) is 0 Å². The average molecular weight is 467 g/mol. The fourth-order valence-corrected chi connectivity index (χ4v) is 5.03. The molecule has 0 saturated carbocycles. The van der Waals surface area contributed by atoms with Crippen LogP contribution in [-0.4, -0.2) is 16.6 Å². The molecule has 3 nitrogen and oxygen atoms in total. The summed E-state index contributed by atoms with van der Waals surface area (Å²) in [6.45, 7) is 0. The molecule has 1 aliphatic rings. The third kappa shape index (κ3) is 5.00. The average Bonchev–Trinajstić information content (AvgIpc) is 3.22. The molecule has 0 atom stereocenters. The van der Waals surface area contributed by atoms with Crippen molar-refractivity contribution >= 4 is 46.3 Å². The van der Waals surface area contributed by atoms with Gasteiger partial charge in [-0.05, 0) is 83.4 Å². The molecular weight excluding hydrogens is 444 g/mol. The van der Waals surface area contributed by atoms with Gasteiger partial charge in [0.25, 0.3) is 0 Å². The number of rotatable bonds is 6. The summed E-state index contributed by atoms with van der Waals surface area (Å²) >= 11 is 6.92. The lowest BCUT2D eigenvalue weighted by atomic mass is 10.0. The van der Waals surface area contributed by atoms with Gasteiger partial charge in [0.2, 0.25) is 0 Å². The highest BCUT2D eigenvalue weighted by Crippen LogP contribution is 2.37. The molecule has 1 aliphatic carbocycles. The van der Waals surface area contributed by atoms with Gasteiger partial charge in [-0.3, -0.25) is 4.79 Å². The number of carbonyl (C=O) groups excluding carboxylic acids is 1. The van der Waals surface area contributed by atoms with Gasteiger partial charge in [0.05, 0.1) is 5.75 Å². The van der Waals surface area contributed by atoms with Crippen LogP contribution in [-0.2, 0) is 6.42 Å². The molecule has 0 unspecified atom stereocenters. The Morgan fingerprint density at radius 1 is 0.758 bits per heavy atom. The molecule has 0 heterocycles. The first kappa shape index (κ1) is 21.4. The maximum atomic E-state index is 12.8. The Labute approximate surface area is 203 Å². The van der Waals surface area contributed by atoms with E-state index in [2.05, 4.69) is 47.0 Å². The van der Waals surface area contributed by atoms with Crippen molar-refractivity contribution in [3.8, 4) is 11.1 Å². The Hall–Kier alpha value is -3.41. The van der Waals surface area contributed by atoms with Crippen molar-refractivity contribution in [3.05, 3.63) is 114 Å². The van der Waals surface area contributed by atoms with Gasteiger partial charge in [-0.25, -0.2) is 0 Å². The first-order valence-corrected chi connectivity index (χ1v) is 12.2. The van der Waals surface area contributed by atoms with E-state index in [9.17, 15) is 4.79 Å². The highest BCUT2D eigenvalue weighted by atomic mass is 32.2. The van der Waals surface area contributed by atoms with Gasteiger partial charge in [0.1, 0.15) is 0 Å². The fourth-order valence-electron chi connectivity index (χ4n) is 4.00. The standard InChI is InChI=1S/C28H22N2OS2/c31-27(20-10-15-26-21(17-20)16-19-6-4-5-9-25(19)26)18-33-24-13-11-23(12-14-24)30-28(32)29-22-7-2-1-3-8-22/h1-15,17H,16,18H2,(H2,29,30,32). The van der Waals surface area contributed by atoms with Crippen LogP contribution in [0, 0.1) is 0 Å². The minimum Gasteiger partial charge on any atom is -0.332 e. The van der Waals surface area contributed by atoms with Gasteiger partial charge in [0, 0.05) is 21.8 Å².